The first-order valence-corrected chi connectivity index (χ1v) is 6.64. The van der Waals surface area contributed by atoms with Crippen LogP contribution in [0.25, 0.3) is 0 Å². The standard InChI is InChI=1S/C14H20FN3O/c1-9-7-8-12(10(2)16-9)17-14(19)18-13-6-4-3-5-11(13)15/h3-6,9-10,12,16H,7-8H2,1-2H3,(H2,17,18,19). The summed E-state index contributed by atoms with van der Waals surface area (Å²) in [7, 11) is 0. The second kappa shape index (κ2) is 6.02. The Hall–Kier alpha value is -1.62. The fraction of sp³-hybridized carbons (Fsp3) is 0.500. The number of para-hydroxylation sites is 1. The topological polar surface area (TPSA) is 53.2 Å². The highest BCUT2D eigenvalue weighted by molar-refractivity contribution is 5.89. The Kier molecular flexibility index (Phi) is 4.37. The molecule has 3 N–H and O–H groups in total. The molecule has 0 aliphatic carbocycles. The van der Waals surface area contributed by atoms with E-state index < -0.39 is 5.82 Å². The van der Waals surface area contributed by atoms with Crippen LogP contribution in [0.1, 0.15) is 26.7 Å². The van der Waals surface area contributed by atoms with Crippen LogP contribution in [0, 0.1) is 5.82 Å². The van der Waals surface area contributed by atoms with Crippen LogP contribution in [0.4, 0.5) is 14.9 Å². The van der Waals surface area contributed by atoms with Crippen LogP contribution in [0.15, 0.2) is 24.3 Å². The van der Waals surface area contributed by atoms with Gasteiger partial charge in [-0.05, 0) is 38.8 Å². The first kappa shape index (κ1) is 13.8. The van der Waals surface area contributed by atoms with Gasteiger partial charge in [-0.15, -0.1) is 0 Å². The Morgan fingerprint density at radius 2 is 2.05 bits per heavy atom. The van der Waals surface area contributed by atoms with E-state index in [0.29, 0.717) is 6.04 Å². The van der Waals surface area contributed by atoms with E-state index in [4.69, 9.17) is 0 Å². The van der Waals surface area contributed by atoms with Crippen LogP contribution < -0.4 is 16.0 Å². The monoisotopic (exact) mass is 265 g/mol. The van der Waals surface area contributed by atoms with E-state index >= 15 is 0 Å². The number of carbonyl (C=O) groups excluding carboxylic acids is 1. The number of carbonyl (C=O) groups is 1. The van der Waals surface area contributed by atoms with Gasteiger partial charge in [0, 0.05) is 18.1 Å². The number of hydrogen-bond acceptors (Lipinski definition) is 2. The SMILES string of the molecule is CC1CCC(NC(=O)Nc2ccccc2F)C(C)N1. The second-order valence-corrected chi connectivity index (χ2v) is 5.12. The van der Waals surface area contributed by atoms with Gasteiger partial charge in [-0.2, -0.15) is 0 Å². The highest BCUT2D eigenvalue weighted by atomic mass is 19.1. The van der Waals surface area contributed by atoms with Gasteiger partial charge in [-0.1, -0.05) is 12.1 Å². The smallest absolute Gasteiger partial charge is 0.319 e. The van der Waals surface area contributed by atoms with Gasteiger partial charge in [0.05, 0.1) is 5.69 Å². The van der Waals surface area contributed by atoms with Crippen molar-refractivity contribution < 1.29 is 9.18 Å². The molecule has 0 radical (unpaired) electrons. The average molecular weight is 265 g/mol. The number of hydrogen-bond donors (Lipinski definition) is 3. The maximum atomic E-state index is 13.4. The summed E-state index contributed by atoms with van der Waals surface area (Å²) in [5.41, 5.74) is 0.199. The lowest BCUT2D eigenvalue weighted by Gasteiger charge is -2.34. The van der Waals surface area contributed by atoms with Crippen LogP contribution in [-0.4, -0.2) is 24.2 Å². The zero-order chi connectivity index (χ0) is 13.8. The molecular formula is C14H20FN3O. The quantitative estimate of drug-likeness (QED) is 0.769. The second-order valence-electron chi connectivity index (χ2n) is 5.12. The first-order chi connectivity index (χ1) is 9.06. The number of halogens is 1. The molecule has 1 heterocycles. The maximum Gasteiger partial charge on any atom is 0.319 e. The third-order valence-corrected chi connectivity index (χ3v) is 3.50. The van der Waals surface area contributed by atoms with Gasteiger partial charge in [0.15, 0.2) is 0 Å². The molecule has 19 heavy (non-hydrogen) atoms. The molecule has 2 amide bonds. The zero-order valence-corrected chi connectivity index (χ0v) is 11.2. The molecule has 3 atom stereocenters. The number of urea groups is 1. The molecule has 1 fully saturated rings. The Morgan fingerprint density at radius 3 is 2.74 bits per heavy atom. The van der Waals surface area contributed by atoms with Crippen molar-refractivity contribution in [3.63, 3.8) is 0 Å². The number of nitrogens with one attached hydrogen (secondary N) is 3. The molecule has 0 spiro atoms. The number of piperidine rings is 1. The number of benzene rings is 1. The lowest BCUT2D eigenvalue weighted by atomic mass is 9.95. The summed E-state index contributed by atoms with van der Waals surface area (Å²) < 4.78 is 13.4. The lowest BCUT2D eigenvalue weighted by molar-refractivity contribution is 0.232. The summed E-state index contributed by atoms with van der Waals surface area (Å²) in [5.74, 6) is -0.430. The van der Waals surface area contributed by atoms with E-state index in [1.165, 1.54) is 6.07 Å². The predicted molar refractivity (Wildman–Crippen MR) is 73.6 cm³/mol. The van der Waals surface area contributed by atoms with Crippen LogP contribution in [0.3, 0.4) is 0 Å². The van der Waals surface area contributed by atoms with Crippen molar-refractivity contribution in [2.45, 2.75) is 44.8 Å². The van der Waals surface area contributed by atoms with E-state index in [-0.39, 0.29) is 23.8 Å². The minimum atomic E-state index is -0.430. The first-order valence-electron chi connectivity index (χ1n) is 6.64. The maximum absolute atomic E-state index is 13.4. The lowest BCUT2D eigenvalue weighted by Crippen LogP contribution is -2.55. The molecule has 0 bridgehead atoms. The number of amides is 2. The van der Waals surface area contributed by atoms with E-state index in [0.717, 1.165) is 12.8 Å². The van der Waals surface area contributed by atoms with Gasteiger partial charge in [0.1, 0.15) is 5.82 Å². The van der Waals surface area contributed by atoms with E-state index in [1.54, 1.807) is 18.2 Å². The summed E-state index contributed by atoms with van der Waals surface area (Å²) in [6.45, 7) is 4.18. The average Bonchev–Trinajstić information content (AvgIpc) is 2.36. The Labute approximate surface area is 112 Å². The van der Waals surface area contributed by atoms with Crippen LogP contribution in [0.5, 0.6) is 0 Å². The molecule has 3 unspecified atom stereocenters. The third kappa shape index (κ3) is 3.67. The molecule has 1 aromatic rings. The van der Waals surface area contributed by atoms with Gasteiger partial charge in [0.2, 0.25) is 0 Å². The van der Waals surface area contributed by atoms with Crippen molar-refractivity contribution in [2.75, 3.05) is 5.32 Å². The van der Waals surface area contributed by atoms with Crippen LogP contribution in [0.2, 0.25) is 0 Å². The highest BCUT2D eigenvalue weighted by Crippen LogP contribution is 2.15. The third-order valence-electron chi connectivity index (χ3n) is 3.50. The molecule has 1 aromatic carbocycles. The molecule has 4 nitrogen and oxygen atoms in total. The zero-order valence-electron chi connectivity index (χ0n) is 11.2. The molecule has 0 aromatic heterocycles. The van der Waals surface area contributed by atoms with Crippen molar-refractivity contribution in [1.82, 2.24) is 10.6 Å². The van der Waals surface area contributed by atoms with Gasteiger partial charge in [0.25, 0.3) is 0 Å². The number of anilines is 1. The summed E-state index contributed by atoms with van der Waals surface area (Å²) >= 11 is 0. The fourth-order valence-corrected chi connectivity index (χ4v) is 2.41. The molecule has 0 saturated carbocycles. The fourth-order valence-electron chi connectivity index (χ4n) is 2.41. The van der Waals surface area contributed by atoms with Crippen molar-refractivity contribution in [2.24, 2.45) is 0 Å². The Morgan fingerprint density at radius 1 is 1.32 bits per heavy atom. The highest BCUT2D eigenvalue weighted by Gasteiger charge is 2.25. The van der Waals surface area contributed by atoms with Gasteiger partial charge in [-0.3, -0.25) is 0 Å². The Bertz CT molecular complexity index is 452. The van der Waals surface area contributed by atoms with Crippen LogP contribution >= 0.6 is 0 Å². The molecule has 1 saturated heterocycles. The molecule has 104 valence electrons. The molecule has 5 heteroatoms. The van der Waals surface area contributed by atoms with Gasteiger partial charge < -0.3 is 16.0 Å². The minimum Gasteiger partial charge on any atom is -0.334 e. The Balaban J connectivity index is 1.90. The van der Waals surface area contributed by atoms with Crippen LogP contribution in [-0.2, 0) is 0 Å². The predicted octanol–water partition coefficient (Wildman–Crippen LogP) is 2.48. The normalized spacial score (nSPS) is 26.8. The molecule has 1 aliphatic heterocycles. The van der Waals surface area contributed by atoms with Crippen molar-refractivity contribution in [3.8, 4) is 0 Å². The summed E-state index contributed by atoms with van der Waals surface area (Å²) in [5, 5.41) is 8.82. The van der Waals surface area contributed by atoms with Gasteiger partial charge >= 0.3 is 6.03 Å². The molecule has 2 rings (SSSR count). The molecule has 1 aliphatic rings. The molecular weight excluding hydrogens is 245 g/mol. The van der Waals surface area contributed by atoms with E-state index in [1.807, 2.05) is 6.92 Å². The minimum absolute atomic E-state index is 0.0722. The summed E-state index contributed by atoms with van der Waals surface area (Å²) in [4.78, 5) is 11.8. The largest absolute Gasteiger partial charge is 0.334 e. The van der Waals surface area contributed by atoms with Gasteiger partial charge in [-0.25, -0.2) is 9.18 Å². The van der Waals surface area contributed by atoms with E-state index in [9.17, 15) is 9.18 Å². The number of rotatable bonds is 2. The summed E-state index contributed by atoms with van der Waals surface area (Å²) in [6, 6.07) is 6.54. The van der Waals surface area contributed by atoms with Crippen molar-refractivity contribution in [1.29, 1.82) is 0 Å². The van der Waals surface area contributed by atoms with Crippen molar-refractivity contribution in [3.05, 3.63) is 30.1 Å². The van der Waals surface area contributed by atoms with Crippen molar-refractivity contribution >= 4 is 11.7 Å². The van der Waals surface area contributed by atoms with E-state index in [2.05, 4.69) is 22.9 Å². The summed E-state index contributed by atoms with van der Waals surface area (Å²) in [6.07, 6.45) is 1.95.